The van der Waals surface area contributed by atoms with Crippen molar-refractivity contribution >= 4 is 23.4 Å². The van der Waals surface area contributed by atoms with E-state index in [1.54, 1.807) is 19.4 Å². The number of fused-ring (bicyclic) bond motifs is 1. The summed E-state index contributed by atoms with van der Waals surface area (Å²) in [5.74, 6) is 1.76. The molecule has 5 heteroatoms. The lowest BCUT2D eigenvalue weighted by Gasteiger charge is -2.19. The van der Waals surface area contributed by atoms with E-state index in [-0.39, 0.29) is 5.91 Å². The number of hydrogen-bond donors (Lipinski definition) is 1. The number of aromatic nitrogens is 1. The van der Waals surface area contributed by atoms with Crippen LogP contribution < -0.4 is 10.1 Å². The van der Waals surface area contributed by atoms with Crippen molar-refractivity contribution in [3.05, 3.63) is 77.6 Å². The van der Waals surface area contributed by atoms with Crippen LogP contribution in [0.4, 0.5) is 5.82 Å². The van der Waals surface area contributed by atoms with E-state index in [1.807, 2.05) is 23.1 Å². The van der Waals surface area contributed by atoms with Crippen LogP contribution in [0.25, 0.3) is 11.6 Å². The van der Waals surface area contributed by atoms with Gasteiger partial charge in [-0.3, -0.25) is 4.79 Å². The predicted octanol–water partition coefficient (Wildman–Crippen LogP) is 4.68. The Morgan fingerprint density at radius 3 is 3.03 bits per heavy atom. The number of hydrogen-bond acceptors (Lipinski definition) is 4. The Balaban J connectivity index is 1.42. The minimum atomic E-state index is 0.0300. The molecule has 154 valence electrons. The van der Waals surface area contributed by atoms with Gasteiger partial charge < -0.3 is 15.0 Å². The smallest absolute Gasteiger partial charge is 0.246 e. The Bertz CT molecular complexity index is 1020. The van der Waals surface area contributed by atoms with E-state index in [1.165, 1.54) is 5.57 Å². The Kier molecular flexibility index (Phi) is 5.98. The van der Waals surface area contributed by atoms with Gasteiger partial charge in [0.15, 0.2) is 0 Å². The molecule has 0 atom stereocenters. The molecule has 0 radical (unpaired) electrons. The molecule has 5 nitrogen and oxygen atoms in total. The molecule has 1 N–H and O–H groups in total. The summed E-state index contributed by atoms with van der Waals surface area (Å²) in [5, 5.41) is 3.22. The number of methoxy groups -OCH3 is 1. The first-order valence-corrected chi connectivity index (χ1v) is 10.4. The normalized spacial score (nSPS) is 16.5. The number of nitrogens with zero attached hydrogens (tertiary/aromatic N) is 2. The number of carbonyl (C=O) groups excluding carboxylic acids is 1. The fraction of sp³-hybridized carbons (Fsp3) is 0.280. The van der Waals surface area contributed by atoms with Crippen LogP contribution >= 0.6 is 0 Å². The zero-order chi connectivity index (χ0) is 20.9. The lowest BCUT2D eigenvalue weighted by molar-refractivity contribution is -0.125. The average molecular weight is 402 g/mol. The minimum Gasteiger partial charge on any atom is -0.497 e. The highest BCUT2D eigenvalue weighted by Crippen LogP contribution is 2.26. The van der Waals surface area contributed by atoms with E-state index >= 15 is 0 Å². The Labute approximate surface area is 177 Å². The molecule has 0 bridgehead atoms. The number of benzene rings is 1. The number of allylic oxidation sites excluding steroid dienone is 2. The molecular weight excluding hydrogens is 374 g/mol. The summed E-state index contributed by atoms with van der Waals surface area (Å²) in [6.07, 6.45) is 11.2. The van der Waals surface area contributed by atoms with Gasteiger partial charge >= 0.3 is 0 Å². The molecule has 0 saturated heterocycles. The van der Waals surface area contributed by atoms with Gasteiger partial charge in [0.25, 0.3) is 0 Å². The summed E-state index contributed by atoms with van der Waals surface area (Å²) in [6, 6.07) is 10.2. The third kappa shape index (κ3) is 4.62. The van der Waals surface area contributed by atoms with E-state index in [0.29, 0.717) is 6.54 Å². The molecule has 0 aliphatic carbocycles. The summed E-state index contributed by atoms with van der Waals surface area (Å²) < 4.78 is 5.34. The van der Waals surface area contributed by atoms with Crippen LogP contribution in [0.1, 0.15) is 36.0 Å². The standard InChI is InChI=1S/C25H27N3O2/c1-18-8-10-22-15-19(17-26-25(22)27-18)9-11-24(29)28-13-4-6-20(12-14-28)21-5-3-7-23(16-21)30-2/h3,5,7,9,11-12,15-17H,1,4,6,8,10,13-14H2,2H3,(H,26,27)/b11-9+. The first-order valence-electron chi connectivity index (χ1n) is 10.4. The van der Waals surface area contributed by atoms with E-state index in [0.717, 1.165) is 66.2 Å². The molecule has 0 fully saturated rings. The second-order valence-electron chi connectivity index (χ2n) is 7.69. The van der Waals surface area contributed by atoms with Gasteiger partial charge in [-0.15, -0.1) is 0 Å². The summed E-state index contributed by atoms with van der Waals surface area (Å²) in [4.78, 5) is 19.1. The fourth-order valence-corrected chi connectivity index (χ4v) is 3.87. The molecular formula is C25H27N3O2. The van der Waals surface area contributed by atoms with Crippen molar-refractivity contribution in [1.29, 1.82) is 0 Å². The van der Waals surface area contributed by atoms with Crippen molar-refractivity contribution < 1.29 is 9.53 Å². The monoisotopic (exact) mass is 401 g/mol. The molecule has 2 aromatic rings. The summed E-state index contributed by atoms with van der Waals surface area (Å²) in [7, 11) is 1.68. The van der Waals surface area contributed by atoms with E-state index in [9.17, 15) is 4.79 Å². The van der Waals surface area contributed by atoms with E-state index < -0.39 is 0 Å². The van der Waals surface area contributed by atoms with Gasteiger partial charge in [-0.2, -0.15) is 0 Å². The lowest BCUT2D eigenvalue weighted by atomic mass is 10.0. The molecule has 1 aromatic carbocycles. The first kappa shape index (κ1) is 20.0. The number of carbonyl (C=O) groups is 1. The number of rotatable bonds is 4. The van der Waals surface area contributed by atoms with E-state index in [4.69, 9.17) is 4.74 Å². The molecule has 1 aromatic heterocycles. The van der Waals surface area contributed by atoms with Crippen molar-refractivity contribution in [3.63, 3.8) is 0 Å². The minimum absolute atomic E-state index is 0.0300. The molecule has 4 rings (SSSR count). The maximum Gasteiger partial charge on any atom is 0.246 e. The Morgan fingerprint density at radius 2 is 2.17 bits per heavy atom. The molecule has 0 spiro atoms. The number of aryl methyl sites for hydroxylation is 1. The van der Waals surface area contributed by atoms with Crippen molar-refractivity contribution in [2.45, 2.75) is 25.7 Å². The Hall–Kier alpha value is -3.34. The fourth-order valence-electron chi connectivity index (χ4n) is 3.87. The highest BCUT2D eigenvalue weighted by molar-refractivity contribution is 5.92. The highest BCUT2D eigenvalue weighted by atomic mass is 16.5. The second-order valence-corrected chi connectivity index (χ2v) is 7.69. The molecule has 30 heavy (non-hydrogen) atoms. The van der Waals surface area contributed by atoms with E-state index in [2.05, 4.69) is 41.2 Å². The van der Waals surface area contributed by atoms with Gasteiger partial charge in [-0.25, -0.2) is 4.98 Å². The number of amides is 1. The molecule has 3 heterocycles. The lowest BCUT2D eigenvalue weighted by Crippen LogP contribution is -2.29. The largest absolute Gasteiger partial charge is 0.497 e. The Morgan fingerprint density at radius 1 is 1.27 bits per heavy atom. The van der Waals surface area contributed by atoms with Gasteiger partial charge in [0.05, 0.1) is 7.11 Å². The summed E-state index contributed by atoms with van der Waals surface area (Å²) in [6.45, 7) is 5.33. The quantitative estimate of drug-likeness (QED) is 0.756. The van der Waals surface area contributed by atoms with Crippen LogP contribution in [0.2, 0.25) is 0 Å². The maximum absolute atomic E-state index is 12.7. The number of anilines is 1. The van der Waals surface area contributed by atoms with Gasteiger partial charge in [-0.05, 0) is 72.2 Å². The zero-order valence-corrected chi connectivity index (χ0v) is 17.4. The molecule has 0 saturated carbocycles. The van der Waals surface area contributed by atoms with Crippen LogP contribution in [0, 0.1) is 0 Å². The van der Waals surface area contributed by atoms with Crippen LogP contribution in [0.3, 0.4) is 0 Å². The van der Waals surface area contributed by atoms with Crippen LogP contribution in [0.15, 0.2) is 61.0 Å². The zero-order valence-electron chi connectivity index (χ0n) is 17.4. The van der Waals surface area contributed by atoms with Crippen molar-refractivity contribution in [1.82, 2.24) is 9.88 Å². The molecule has 2 aliphatic heterocycles. The van der Waals surface area contributed by atoms with Crippen molar-refractivity contribution in [3.8, 4) is 5.75 Å². The van der Waals surface area contributed by atoms with Gasteiger partial charge in [0, 0.05) is 31.1 Å². The van der Waals surface area contributed by atoms with Crippen LogP contribution in [-0.2, 0) is 11.2 Å². The number of nitrogens with one attached hydrogen (secondary N) is 1. The number of pyridine rings is 1. The van der Waals surface area contributed by atoms with Crippen molar-refractivity contribution in [2.75, 3.05) is 25.5 Å². The summed E-state index contributed by atoms with van der Waals surface area (Å²) in [5.41, 5.74) is 5.53. The van der Waals surface area contributed by atoms with Gasteiger partial charge in [-0.1, -0.05) is 24.8 Å². The predicted molar refractivity (Wildman–Crippen MR) is 121 cm³/mol. The molecule has 1 amide bonds. The SMILES string of the molecule is C=C1CCc2cc(/C=C/C(=O)N3CC=C(c4cccc(OC)c4)CCC3)cnc2N1. The molecule has 2 aliphatic rings. The number of ether oxygens (including phenoxy) is 1. The topological polar surface area (TPSA) is 54.5 Å². The van der Waals surface area contributed by atoms with Crippen LogP contribution in [0.5, 0.6) is 5.75 Å². The third-order valence-corrected chi connectivity index (χ3v) is 5.58. The second kappa shape index (κ2) is 8.99. The average Bonchev–Trinajstić information content (AvgIpc) is 3.04. The maximum atomic E-state index is 12.7. The summed E-state index contributed by atoms with van der Waals surface area (Å²) >= 11 is 0. The first-order chi connectivity index (χ1) is 14.6. The third-order valence-electron chi connectivity index (χ3n) is 5.58. The van der Waals surface area contributed by atoms with Crippen LogP contribution in [-0.4, -0.2) is 36.0 Å². The van der Waals surface area contributed by atoms with Gasteiger partial charge in [0.2, 0.25) is 5.91 Å². The highest BCUT2D eigenvalue weighted by Gasteiger charge is 2.15. The molecule has 0 unspecified atom stereocenters. The van der Waals surface area contributed by atoms with Crippen molar-refractivity contribution in [2.24, 2.45) is 0 Å². The van der Waals surface area contributed by atoms with Gasteiger partial charge in [0.1, 0.15) is 11.6 Å².